The van der Waals surface area contributed by atoms with Gasteiger partial charge in [-0.3, -0.25) is 23.9 Å². The minimum absolute atomic E-state index is 0.00742. The number of ketones is 2. The monoisotopic (exact) mass is 739 g/mol. The number of halogens is 1. The fraction of sp³-hybridized carbons (Fsp3) is 0.474. The van der Waals surface area contributed by atoms with Crippen LogP contribution < -0.4 is 5.32 Å². The van der Waals surface area contributed by atoms with E-state index in [1.54, 1.807) is 22.0 Å². The van der Waals surface area contributed by atoms with Crippen molar-refractivity contribution in [2.45, 2.75) is 97.7 Å². The van der Waals surface area contributed by atoms with Gasteiger partial charge in [0.15, 0.2) is 11.6 Å². The third-order valence-electron chi connectivity index (χ3n) is 10.9. The van der Waals surface area contributed by atoms with E-state index in [0.29, 0.717) is 40.7 Å². The molecule has 2 bridgehead atoms. The molecule has 1 aliphatic carbocycles. The Morgan fingerprint density at radius 1 is 1.02 bits per heavy atom. The number of hydrogen-bond acceptors (Lipinski definition) is 8. The number of fused-ring (bicyclic) bond motifs is 3. The summed E-state index contributed by atoms with van der Waals surface area (Å²) in [7, 11) is 0. The van der Waals surface area contributed by atoms with E-state index in [9.17, 15) is 19.2 Å². The highest BCUT2D eigenvalue weighted by molar-refractivity contribution is 9.10. The summed E-state index contributed by atoms with van der Waals surface area (Å²) in [6.07, 6.45) is 9.21. The Bertz CT molecular complexity index is 2020. The van der Waals surface area contributed by atoms with Crippen LogP contribution in [-0.2, 0) is 33.8 Å². The number of Topliss-reactive ketones (excluding diaryl/α,β-unsaturated/α-hetero) is 2. The van der Waals surface area contributed by atoms with Crippen molar-refractivity contribution in [3.63, 3.8) is 0 Å². The number of aryl methyl sites for hydroxylation is 2. The van der Waals surface area contributed by atoms with Crippen LogP contribution in [0.3, 0.4) is 0 Å². The minimum atomic E-state index is -0.657. The van der Waals surface area contributed by atoms with E-state index in [0.717, 1.165) is 54.5 Å². The Morgan fingerprint density at radius 3 is 2.56 bits per heavy atom. The summed E-state index contributed by atoms with van der Waals surface area (Å²) in [5, 5.41) is 8.45. The molecule has 2 fully saturated rings. The summed E-state index contributed by atoms with van der Waals surface area (Å²) >= 11 is 3.49. The molecule has 3 aliphatic rings. The van der Waals surface area contributed by atoms with Crippen molar-refractivity contribution in [1.82, 2.24) is 34.9 Å². The van der Waals surface area contributed by atoms with E-state index in [2.05, 4.69) is 36.3 Å². The number of benzene rings is 1. The predicted molar refractivity (Wildman–Crippen MR) is 191 cm³/mol. The highest BCUT2D eigenvalue weighted by Crippen LogP contribution is 2.59. The van der Waals surface area contributed by atoms with Gasteiger partial charge in [0.05, 0.1) is 23.7 Å². The Labute approximate surface area is 299 Å². The van der Waals surface area contributed by atoms with E-state index in [-0.39, 0.29) is 53.5 Å². The summed E-state index contributed by atoms with van der Waals surface area (Å²) in [5.74, 6) is 0.153. The van der Waals surface area contributed by atoms with Gasteiger partial charge in [-0.2, -0.15) is 5.10 Å². The van der Waals surface area contributed by atoms with Gasteiger partial charge in [0.25, 0.3) is 0 Å². The topological polar surface area (TPSA) is 140 Å². The molecule has 11 nitrogen and oxygen atoms in total. The van der Waals surface area contributed by atoms with Gasteiger partial charge in [-0.1, -0.05) is 38.8 Å². The third kappa shape index (κ3) is 6.50. The molecule has 1 aromatic carbocycles. The molecule has 1 N–H and O–H groups in total. The first kappa shape index (κ1) is 34.1. The van der Waals surface area contributed by atoms with Crippen molar-refractivity contribution >= 4 is 50.2 Å². The van der Waals surface area contributed by atoms with E-state index >= 15 is 0 Å². The molecule has 0 unspecified atom stereocenters. The summed E-state index contributed by atoms with van der Waals surface area (Å²) in [6.45, 7) is 7.54. The number of pyridine rings is 1. The third-order valence-corrected chi connectivity index (χ3v) is 11.3. The minimum Gasteiger partial charge on any atom is -0.355 e. The molecular formula is C38H42BrN7O4. The number of rotatable bonds is 4. The number of aromatic nitrogens is 5. The number of carbonyl (C=O) groups is 4. The second-order valence-corrected chi connectivity index (χ2v) is 15.7. The van der Waals surface area contributed by atoms with Crippen LogP contribution in [-0.4, -0.2) is 71.6 Å². The zero-order valence-corrected chi connectivity index (χ0v) is 30.5. The van der Waals surface area contributed by atoms with Gasteiger partial charge < -0.3 is 10.2 Å². The van der Waals surface area contributed by atoms with Crippen LogP contribution in [0.5, 0.6) is 0 Å². The fourth-order valence-corrected chi connectivity index (χ4v) is 8.19. The van der Waals surface area contributed by atoms with E-state index in [4.69, 9.17) is 4.98 Å². The second-order valence-electron chi connectivity index (χ2n) is 14.9. The fourth-order valence-electron chi connectivity index (χ4n) is 7.84. The number of piperidine rings is 1. The summed E-state index contributed by atoms with van der Waals surface area (Å²) in [6, 6.07) is 8.74. The zero-order valence-electron chi connectivity index (χ0n) is 29.0. The first-order valence-corrected chi connectivity index (χ1v) is 18.2. The number of hydrogen-bond donors (Lipinski definition) is 1. The van der Waals surface area contributed by atoms with Crippen LogP contribution in [0.25, 0.3) is 22.0 Å². The maximum absolute atomic E-state index is 14.4. The number of carbonyl (C=O) groups excluding carboxylic acids is 4. The number of nitrogens with one attached hydrogen (secondary N) is 1. The molecule has 1 saturated heterocycles. The van der Waals surface area contributed by atoms with E-state index in [1.165, 1.54) is 6.92 Å². The van der Waals surface area contributed by atoms with Crippen LogP contribution in [0.2, 0.25) is 0 Å². The maximum atomic E-state index is 14.4. The molecule has 1 saturated carbocycles. The molecule has 3 aromatic heterocycles. The van der Waals surface area contributed by atoms with Gasteiger partial charge >= 0.3 is 0 Å². The van der Waals surface area contributed by atoms with E-state index < -0.39 is 11.5 Å². The van der Waals surface area contributed by atoms with E-state index in [1.807, 2.05) is 51.1 Å². The molecule has 260 valence electrons. The summed E-state index contributed by atoms with van der Waals surface area (Å²) in [4.78, 5) is 69.8. The van der Waals surface area contributed by atoms with Crippen LogP contribution >= 0.6 is 15.9 Å². The summed E-state index contributed by atoms with van der Waals surface area (Å²) in [5.41, 5.74) is 3.45. The van der Waals surface area contributed by atoms with Gasteiger partial charge in [-0.25, -0.2) is 15.0 Å². The zero-order chi connectivity index (χ0) is 35.4. The largest absolute Gasteiger partial charge is 0.355 e. The maximum Gasteiger partial charge on any atom is 0.245 e. The van der Waals surface area contributed by atoms with Gasteiger partial charge in [0.1, 0.15) is 22.7 Å². The summed E-state index contributed by atoms with van der Waals surface area (Å²) < 4.78 is 2.24. The molecule has 50 heavy (non-hydrogen) atoms. The molecule has 1 spiro atoms. The normalized spacial score (nSPS) is 23.7. The van der Waals surface area contributed by atoms with Crippen molar-refractivity contribution in [3.8, 4) is 11.1 Å². The molecule has 7 rings (SSSR count). The molecule has 3 atom stereocenters. The smallest absolute Gasteiger partial charge is 0.245 e. The molecule has 4 aromatic rings. The molecule has 2 amide bonds. The lowest BCUT2D eigenvalue weighted by Crippen LogP contribution is -2.45. The quantitative estimate of drug-likeness (QED) is 0.211. The first-order valence-electron chi connectivity index (χ1n) is 17.4. The van der Waals surface area contributed by atoms with Gasteiger partial charge in [-0.15, -0.1) is 0 Å². The molecule has 0 radical (unpaired) electrons. The highest BCUT2D eigenvalue weighted by atomic mass is 79.9. The Hall–Kier alpha value is -4.32. The average Bonchev–Trinajstić information content (AvgIpc) is 3.50. The Kier molecular flexibility index (Phi) is 8.94. The van der Waals surface area contributed by atoms with Crippen molar-refractivity contribution in [2.75, 3.05) is 6.54 Å². The van der Waals surface area contributed by atoms with Crippen LogP contribution in [0.15, 0.2) is 47.3 Å². The van der Waals surface area contributed by atoms with Crippen LogP contribution in [0, 0.1) is 17.8 Å². The van der Waals surface area contributed by atoms with Crippen molar-refractivity contribution in [3.05, 3.63) is 70.1 Å². The lowest BCUT2D eigenvalue weighted by molar-refractivity contribution is -0.139. The van der Waals surface area contributed by atoms with Crippen LogP contribution in [0.4, 0.5) is 0 Å². The lowest BCUT2D eigenvalue weighted by atomic mass is 9.85. The van der Waals surface area contributed by atoms with Crippen LogP contribution in [0.1, 0.15) is 86.9 Å². The lowest BCUT2D eigenvalue weighted by Gasteiger charge is -2.27. The van der Waals surface area contributed by atoms with Crippen molar-refractivity contribution in [1.29, 1.82) is 0 Å². The number of likely N-dealkylation sites (tertiary alicyclic amines) is 1. The van der Waals surface area contributed by atoms with Crippen molar-refractivity contribution in [2.24, 2.45) is 10.8 Å². The molecular weight excluding hydrogens is 698 g/mol. The Morgan fingerprint density at radius 2 is 1.80 bits per heavy atom. The molecule has 5 heterocycles. The van der Waals surface area contributed by atoms with Gasteiger partial charge in [-0.05, 0) is 84.3 Å². The number of amides is 2. The molecule has 2 aliphatic heterocycles. The average molecular weight is 741 g/mol. The highest BCUT2D eigenvalue weighted by Gasteiger charge is 2.67. The van der Waals surface area contributed by atoms with Gasteiger partial charge in [0.2, 0.25) is 11.8 Å². The number of nitrogens with zero attached hydrogens (tertiary/aromatic N) is 6. The second kappa shape index (κ2) is 13.1. The standard InChI is InChI=1S/C38H42BrN7O4/c1-22(47)35-27-14-25(26-18-40-23(2)41-19-26)9-11-29(27)45(44-35)20-34(49)46-30-16-38(17-32(38)46)21-42-36(50)37(3,4)13-7-5-6-8-24-10-12-33(39)43-28(24)15-31(30)48/h9-12,14,18-19,30,32H,5-8,13,15-17,20-21H2,1-4H3,(H,42,50)/t30-,32+,38-/m0/s1. The van der Waals surface area contributed by atoms with Gasteiger partial charge in [0, 0.05) is 53.7 Å². The Balaban J connectivity index is 1.21. The molecule has 12 heteroatoms. The SMILES string of the molecule is CC(=O)c1nn(CC(=O)N2[C@H]3C[C@@]4(CNC(=O)C(C)(C)CCCCCc5ccc(Br)nc5CC3=O)C[C@@H]24)c2ccc(-c3cnc(C)nc3)cc12. The van der Waals surface area contributed by atoms with Crippen molar-refractivity contribution < 1.29 is 19.2 Å². The predicted octanol–water partition coefficient (Wildman–Crippen LogP) is 5.59. The first-order chi connectivity index (χ1) is 23.8.